The first kappa shape index (κ1) is 21.2. The summed E-state index contributed by atoms with van der Waals surface area (Å²) in [6.45, 7) is 1.35. The highest BCUT2D eigenvalue weighted by atomic mass is 19.1. The first-order valence-corrected chi connectivity index (χ1v) is 11.3. The van der Waals surface area contributed by atoms with Gasteiger partial charge in [0.1, 0.15) is 11.6 Å². The fraction of sp³-hybridized carbons (Fsp3) is 0.320. The fourth-order valence-electron chi connectivity index (χ4n) is 4.65. The number of piperidine rings is 1. The van der Waals surface area contributed by atoms with Gasteiger partial charge in [0, 0.05) is 30.8 Å². The molecule has 0 unspecified atom stereocenters. The number of nitrogens with zero attached hydrogens (tertiary/aromatic N) is 3. The summed E-state index contributed by atoms with van der Waals surface area (Å²) in [7, 11) is 0. The third kappa shape index (κ3) is 4.74. The summed E-state index contributed by atoms with van der Waals surface area (Å²) in [6.07, 6.45) is 4.12. The molecule has 2 fully saturated rings. The van der Waals surface area contributed by atoms with Crippen LogP contribution >= 0.6 is 0 Å². The van der Waals surface area contributed by atoms with Gasteiger partial charge in [-0.25, -0.2) is 13.9 Å². The molecule has 0 bridgehead atoms. The van der Waals surface area contributed by atoms with Gasteiger partial charge in [0.2, 0.25) is 5.91 Å². The average Bonchev–Trinajstić information content (AvgIpc) is 3.50. The van der Waals surface area contributed by atoms with Crippen LogP contribution in [0, 0.1) is 11.7 Å². The minimum Gasteiger partial charge on any atom is -0.342 e. The van der Waals surface area contributed by atoms with E-state index in [1.54, 1.807) is 23.0 Å². The van der Waals surface area contributed by atoms with Crippen LogP contribution < -0.4 is 10.6 Å². The minimum absolute atomic E-state index is 0.0948. The summed E-state index contributed by atoms with van der Waals surface area (Å²) in [4.78, 5) is 27.3. The van der Waals surface area contributed by atoms with E-state index in [9.17, 15) is 14.0 Å². The molecule has 0 spiro atoms. The van der Waals surface area contributed by atoms with Gasteiger partial charge < -0.3 is 10.2 Å². The van der Waals surface area contributed by atoms with Gasteiger partial charge in [-0.05, 0) is 48.9 Å². The molecule has 1 saturated carbocycles. The van der Waals surface area contributed by atoms with Crippen LogP contribution in [0.25, 0.3) is 0 Å². The van der Waals surface area contributed by atoms with Gasteiger partial charge in [-0.2, -0.15) is 5.10 Å². The zero-order valence-electron chi connectivity index (χ0n) is 18.2. The molecule has 2 heterocycles. The van der Waals surface area contributed by atoms with E-state index in [2.05, 4.69) is 27.9 Å². The Morgan fingerprint density at radius 2 is 1.76 bits per heavy atom. The molecule has 3 aromatic rings. The van der Waals surface area contributed by atoms with Gasteiger partial charge in [-0.1, -0.05) is 36.4 Å². The summed E-state index contributed by atoms with van der Waals surface area (Å²) in [6, 6.07) is 17.3. The van der Waals surface area contributed by atoms with Crippen molar-refractivity contribution in [3.63, 3.8) is 0 Å². The standard InChI is InChI=1S/C25H26FN5O2/c26-18-7-4-8-19(15-18)28-25(33)29-23-9-12-27-31(23)20-10-13-30(14-11-20)24(32)22-16-21(22)17-5-2-1-3-6-17/h1-9,12,15,20-22H,10-11,13-14,16H2,(H2,28,29,33)/t21-,22+/m0/s1. The van der Waals surface area contributed by atoms with Gasteiger partial charge in [0.05, 0.1) is 12.2 Å². The average molecular weight is 448 g/mol. The first-order chi connectivity index (χ1) is 16.1. The number of urea groups is 1. The Kier molecular flexibility index (Phi) is 5.81. The van der Waals surface area contributed by atoms with E-state index in [1.165, 1.54) is 23.8 Å². The second-order valence-electron chi connectivity index (χ2n) is 8.67. The number of carbonyl (C=O) groups is 2. The van der Waals surface area contributed by atoms with E-state index in [1.807, 2.05) is 23.1 Å². The van der Waals surface area contributed by atoms with Crippen molar-refractivity contribution in [3.8, 4) is 0 Å². The van der Waals surface area contributed by atoms with Crippen LogP contribution in [0.4, 0.5) is 20.7 Å². The molecular weight excluding hydrogens is 421 g/mol. The number of likely N-dealkylation sites (tertiary alicyclic amines) is 1. The number of anilines is 2. The molecule has 2 N–H and O–H groups in total. The Bertz CT molecular complexity index is 1140. The molecule has 1 aliphatic heterocycles. The van der Waals surface area contributed by atoms with Crippen molar-refractivity contribution in [2.75, 3.05) is 23.7 Å². The van der Waals surface area contributed by atoms with Crippen molar-refractivity contribution in [2.24, 2.45) is 5.92 Å². The molecule has 2 aromatic carbocycles. The normalized spacial score (nSPS) is 20.3. The van der Waals surface area contributed by atoms with Crippen molar-refractivity contribution in [2.45, 2.75) is 31.2 Å². The number of nitrogens with one attached hydrogen (secondary N) is 2. The number of hydrogen-bond acceptors (Lipinski definition) is 3. The summed E-state index contributed by atoms with van der Waals surface area (Å²) >= 11 is 0. The molecule has 3 amide bonds. The van der Waals surface area contributed by atoms with Gasteiger partial charge in [0.25, 0.3) is 0 Å². The molecule has 33 heavy (non-hydrogen) atoms. The number of hydrogen-bond donors (Lipinski definition) is 2. The van der Waals surface area contributed by atoms with E-state index in [0.29, 0.717) is 30.5 Å². The SMILES string of the molecule is O=C(Nc1cccc(F)c1)Nc1ccnn1C1CCN(C(=O)[C@@H]2C[C@H]2c2ccccc2)CC1. The van der Waals surface area contributed by atoms with E-state index in [0.717, 1.165) is 19.3 Å². The smallest absolute Gasteiger partial charge is 0.324 e. The fourth-order valence-corrected chi connectivity index (χ4v) is 4.65. The molecule has 2 atom stereocenters. The Morgan fingerprint density at radius 1 is 0.970 bits per heavy atom. The molecule has 7 nitrogen and oxygen atoms in total. The number of rotatable bonds is 5. The number of carbonyl (C=O) groups excluding carboxylic acids is 2. The van der Waals surface area contributed by atoms with Crippen LogP contribution in [0.3, 0.4) is 0 Å². The monoisotopic (exact) mass is 447 g/mol. The van der Waals surface area contributed by atoms with Crippen LogP contribution in [0.2, 0.25) is 0 Å². The lowest BCUT2D eigenvalue weighted by Crippen LogP contribution is -2.40. The summed E-state index contributed by atoms with van der Waals surface area (Å²) < 4.78 is 15.1. The number of halogens is 1. The van der Waals surface area contributed by atoms with Crippen molar-refractivity contribution < 1.29 is 14.0 Å². The zero-order valence-corrected chi connectivity index (χ0v) is 18.2. The molecule has 0 radical (unpaired) electrons. The van der Waals surface area contributed by atoms with E-state index in [4.69, 9.17) is 0 Å². The maximum absolute atomic E-state index is 13.3. The Hall–Kier alpha value is -3.68. The third-order valence-corrected chi connectivity index (χ3v) is 6.45. The van der Waals surface area contributed by atoms with Crippen LogP contribution in [-0.4, -0.2) is 39.7 Å². The highest BCUT2D eigenvalue weighted by molar-refractivity contribution is 5.99. The van der Waals surface area contributed by atoms with Crippen molar-refractivity contribution in [1.82, 2.24) is 14.7 Å². The number of amides is 3. The van der Waals surface area contributed by atoms with Crippen molar-refractivity contribution in [1.29, 1.82) is 0 Å². The summed E-state index contributed by atoms with van der Waals surface area (Å²) in [5.74, 6) is 0.836. The van der Waals surface area contributed by atoms with E-state index in [-0.39, 0.29) is 17.9 Å². The number of aromatic nitrogens is 2. The first-order valence-electron chi connectivity index (χ1n) is 11.3. The largest absolute Gasteiger partial charge is 0.342 e. The number of benzene rings is 2. The second-order valence-corrected chi connectivity index (χ2v) is 8.67. The lowest BCUT2D eigenvalue weighted by molar-refractivity contribution is -0.134. The molecule has 1 aromatic heterocycles. The molecule has 5 rings (SSSR count). The zero-order chi connectivity index (χ0) is 22.8. The second kappa shape index (κ2) is 9.05. The predicted octanol–water partition coefficient (Wildman–Crippen LogP) is 4.63. The summed E-state index contributed by atoms with van der Waals surface area (Å²) in [5.41, 5.74) is 1.62. The Balaban J connectivity index is 1.15. The van der Waals surface area contributed by atoms with Crippen LogP contribution in [0.5, 0.6) is 0 Å². The molecule has 1 aliphatic carbocycles. The lowest BCUT2D eigenvalue weighted by Gasteiger charge is -2.33. The molecule has 2 aliphatic rings. The quantitative estimate of drug-likeness (QED) is 0.598. The van der Waals surface area contributed by atoms with Gasteiger partial charge >= 0.3 is 6.03 Å². The third-order valence-electron chi connectivity index (χ3n) is 6.45. The highest BCUT2D eigenvalue weighted by Gasteiger charge is 2.46. The molecule has 170 valence electrons. The lowest BCUT2D eigenvalue weighted by atomic mass is 10.0. The maximum atomic E-state index is 13.3. The minimum atomic E-state index is -0.462. The van der Waals surface area contributed by atoms with Crippen LogP contribution in [-0.2, 0) is 4.79 Å². The molecular formula is C25H26FN5O2. The van der Waals surface area contributed by atoms with Gasteiger partial charge in [-0.3, -0.25) is 10.1 Å². The van der Waals surface area contributed by atoms with E-state index < -0.39 is 11.8 Å². The van der Waals surface area contributed by atoms with Gasteiger partial charge in [0.15, 0.2) is 0 Å². The maximum Gasteiger partial charge on any atom is 0.324 e. The van der Waals surface area contributed by atoms with Crippen molar-refractivity contribution in [3.05, 3.63) is 78.2 Å². The van der Waals surface area contributed by atoms with Crippen LogP contribution in [0.1, 0.15) is 36.8 Å². The van der Waals surface area contributed by atoms with E-state index >= 15 is 0 Å². The molecule has 8 heteroatoms. The van der Waals surface area contributed by atoms with Gasteiger partial charge in [-0.15, -0.1) is 0 Å². The van der Waals surface area contributed by atoms with Crippen molar-refractivity contribution >= 4 is 23.4 Å². The molecule has 1 saturated heterocycles. The predicted molar refractivity (Wildman–Crippen MR) is 123 cm³/mol. The summed E-state index contributed by atoms with van der Waals surface area (Å²) in [5, 5.41) is 9.81. The Morgan fingerprint density at radius 3 is 2.52 bits per heavy atom. The highest BCUT2D eigenvalue weighted by Crippen LogP contribution is 2.48. The van der Waals surface area contributed by atoms with Crippen LogP contribution in [0.15, 0.2) is 66.9 Å². The topological polar surface area (TPSA) is 79.3 Å². The Labute approximate surface area is 191 Å².